The molecular weight excluding hydrogens is 686 g/mol. The molecule has 8 nitrogen and oxygen atoms in total. The number of carbonyl (C=O) groups excluding carboxylic acids is 2. The molecule has 0 bridgehead atoms. The summed E-state index contributed by atoms with van der Waals surface area (Å²) in [4.78, 5) is 29.1. The van der Waals surface area contributed by atoms with Crippen molar-refractivity contribution < 1.29 is 37.2 Å². The molecule has 3 rings (SSSR count). The fraction of sp³-hybridized carbons (Fsp3) is 0.500. The van der Waals surface area contributed by atoms with Gasteiger partial charge in [-0.3, -0.25) is 14.5 Å². The van der Waals surface area contributed by atoms with Crippen LogP contribution in [0.2, 0.25) is 0 Å². The highest BCUT2D eigenvalue weighted by Crippen LogP contribution is 2.38. The SMILES string of the molecule is CC(C)C[C@H](NC(=O)C(Cc1ccccc1)NC(=O)c1cc(Br)cc(C(F)(F)F)c1Br)B1OCCN(CCO)CCO1. The topological polar surface area (TPSA) is 100 Å². The maximum atomic E-state index is 13.7. The molecule has 14 heteroatoms. The number of nitrogens with one attached hydrogen (secondary N) is 2. The molecular formula is C28H35BBr2F3N3O5. The third-order valence-corrected chi connectivity index (χ3v) is 7.98. The standard InChI is InChI=1S/C28H35BBr2F3N3O5/c1-18(2)14-24(29-41-12-9-37(8-11-38)10-13-42-29)36-27(40)23(15-19-6-4-3-5-7-19)35-26(39)21-16-20(30)17-22(25(21)31)28(32,33)34/h3-7,16-18,23-24,38H,8-15H2,1-2H3,(H,35,39)(H,36,40)/t23?,24-/m0/s1. The number of nitrogens with zero attached hydrogens (tertiary/aromatic N) is 1. The molecule has 0 spiro atoms. The predicted molar refractivity (Wildman–Crippen MR) is 161 cm³/mol. The summed E-state index contributed by atoms with van der Waals surface area (Å²) in [5.74, 6) is -1.74. The van der Waals surface area contributed by atoms with Gasteiger partial charge in [0.15, 0.2) is 0 Å². The molecule has 2 amide bonds. The molecule has 2 aromatic rings. The fourth-order valence-electron chi connectivity index (χ4n) is 4.64. The van der Waals surface area contributed by atoms with Gasteiger partial charge in [-0.2, -0.15) is 13.2 Å². The Morgan fingerprint density at radius 2 is 1.71 bits per heavy atom. The molecule has 1 saturated heterocycles. The second kappa shape index (κ2) is 16.2. The third kappa shape index (κ3) is 10.3. The number of rotatable bonds is 11. The van der Waals surface area contributed by atoms with E-state index in [1.54, 1.807) is 24.3 Å². The van der Waals surface area contributed by atoms with Crippen LogP contribution in [0.4, 0.5) is 13.2 Å². The largest absolute Gasteiger partial charge is 0.480 e. The number of amides is 2. The Kier molecular flexibility index (Phi) is 13.3. The van der Waals surface area contributed by atoms with E-state index in [-0.39, 0.29) is 29.0 Å². The second-order valence-electron chi connectivity index (χ2n) is 10.4. The first-order valence-electron chi connectivity index (χ1n) is 13.7. The van der Waals surface area contributed by atoms with Gasteiger partial charge in [0.2, 0.25) is 5.91 Å². The van der Waals surface area contributed by atoms with Gasteiger partial charge in [-0.15, -0.1) is 0 Å². The van der Waals surface area contributed by atoms with Crippen LogP contribution in [0.25, 0.3) is 0 Å². The highest BCUT2D eigenvalue weighted by molar-refractivity contribution is 9.11. The minimum absolute atomic E-state index is 0.0258. The van der Waals surface area contributed by atoms with Crippen molar-refractivity contribution in [1.82, 2.24) is 15.5 Å². The lowest BCUT2D eigenvalue weighted by Crippen LogP contribution is -2.57. The normalized spacial score (nSPS) is 16.5. The summed E-state index contributed by atoms with van der Waals surface area (Å²) >= 11 is 6.00. The average molecular weight is 721 g/mol. The van der Waals surface area contributed by atoms with Gasteiger partial charge in [-0.25, -0.2) is 0 Å². The van der Waals surface area contributed by atoms with E-state index in [9.17, 15) is 27.9 Å². The van der Waals surface area contributed by atoms with Gasteiger partial charge in [-0.1, -0.05) is 60.1 Å². The maximum absolute atomic E-state index is 13.7. The quantitative estimate of drug-likeness (QED) is 0.297. The molecule has 1 aliphatic rings. The zero-order valence-electron chi connectivity index (χ0n) is 23.4. The molecule has 1 fully saturated rings. The second-order valence-corrected chi connectivity index (χ2v) is 12.2. The van der Waals surface area contributed by atoms with E-state index >= 15 is 0 Å². The highest BCUT2D eigenvalue weighted by atomic mass is 79.9. The van der Waals surface area contributed by atoms with Crippen molar-refractivity contribution in [2.24, 2.45) is 5.92 Å². The lowest BCUT2D eigenvalue weighted by atomic mass is 9.73. The molecule has 230 valence electrons. The van der Waals surface area contributed by atoms with Crippen LogP contribution in [0.15, 0.2) is 51.4 Å². The summed E-state index contributed by atoms with van der Waals surface area (Å²) in [5, 5.41) is 14.9. The summed E-state index contributed by atoms with van der Waals surface area (Å²) < 4.78 is 52.4. The van der Waals surface area contributed by atoms with Gasteiger partial charge in [0, 0.05) is 48.2 Å². The van der Waals surface area contributed by atoms with Gasteiger partial charge in [-0.05, 0) is 46.0 Å². The fourth-order valence-corrected chi connectivity index (χ4v) is 5.73. The Bertz CT molecular complexity index is 1180. The number of β-amino-alcohol motifs (C(OH)–C–C–N with tert-alkyl or cyclic N) is 1. The maximum Gasteiger partial charge on any atom is 0.480 e. The molecule has 3 N–H and O–H groups in total. The number of aliphatic hydroxyl groups is 1. The monoisotopic (exact) mass is 719 g/mol. The van der Waals surface area contributed by atoms with Crippen LogP contribution >= 0.6 is 31.9 Å². The molecule has 2 atom stereocenters. The van der Waals surface area contributed by atoms with Gasteiger partial charge in [0.05, 0.1) is 23.7 Å². The summed E-state index contributed by atoms with van der Waals surface area (Å²) in [6.45, 7) is 6.37. The summed E-state index contributed by atoms with van der Waals surface area (Å²) in [6.07, 6.45) is -4.07. The summed E-state index contributed by atoms with van der Waals surface area (Å²) in [5.41, 5.74) is -0.523. The van der Waals surface area contributed by atoms with Crippen molar-refractivity contribution in [2.45, 2.75) is 44.8 Å². The van der Waals surface area contributed by atoms with Gasteiger partial charge >= 0.3 is 13.3 Å². The van der Waals surface area contributed by atoms with Crippen LogP contribution in [0.5, 0.6) is 0 Å². The van der Waals surface area contributed by atoms with E-state index in [0.717, 1.165) is 11.6 Å². The van der Waals surface area contributed by atoms with Crippen molar-refractivity contribution in [3.05, 3.63) is 68.1 Å². The first-order valence-corrected chi connectivity index (χ1v) is 15.3. The molecule has 0 aromatic heterocycles. The van der Waals surface area contributed by atoms with Gasteiger partial charge in [0.1, 0.15) is 6.04 Å². The van der Waals surface area contributed by atoms with E-state index in [1.165, 1.54) is 6.07 Å². The van der Waals surface area contributed by atoms with E-state index in [2.05, 4.69) is 42.5 Å². The molecule has 1 aliphatic heterocycles. The molecule has 0 radical (unpaired) electrons. The van der Waals surface area contributed by atoms with Crippen molar-refractivity contribution in [2.75, 3.05) is 39.5 Å². The summed E-state index contributed by atoms with van der Waals surface area (Å²) in [6, 6.07) is 10.0. The van der Waals surface area contributed by atoms with Crippen LogP contribution in [-0.4, -0.2) is 80.4 Å². The van der Waals surface area contributed by atoms with Crippen molar-refractivity contribution >= 4 is 50.8 Å². The van der Waals surface area contributed by atoms with Crippen LogP contribution in [-0.2, 0) is 26.7 Å². The molecule has 0 saturated carbocycles. The molecule has 1 unspecified atom stereocenters. The number of hydrogen-bond acceptors (Lipinski definition) is 6. The van der Waals surface area contributed by atoms with Crippen LogP contribution in [0.1, 0.15) is 41.8 Å². The first kappa shape index (κ1) is 34.5. The predicted octanol–water partition coefficient (Wildman–Crippen LogP) is 4.47. The zero-order chi connectivity index (χ0) is 30.9. The third-order valence-electron chi connectivity index (χ3n) is 6.67. The number of alkyl halides is 3. The molecule has 1 heterocycles. The lowest BCUT2D eigenvalue weighted by Gasteiger charge is -2.31. The van der Waals surface area contributed by atoms with Crippen molar-refractivity contribution in [3.63, 3.8) is 0 Å². The minimum Gasteiger partial charge on any atom is -0.408 e. The van der Waals surface area contributed by atoms with Crippen LogP contribution in [0, 0.1) is 5.92 Å². The Morgan fingerprint density at radius 1 is 1.07 bits per heavy atom. The zero-order valence-corrected chi connectivity index (χ0v) is 26.6. The number of halogens is 5. The van der Waals surface area contributed by atoms with E-state index in [0.29, 0.717) is 39.3 Å². The average Bonchev–Trinajstić information content (AvgIpc) is 2.90. The molecule has 42 heavy (non-hydrogen) atoms. The van der Waals surface area contributed by atoms with Gasteiger partial charge in [0.25, 0.3) is 5.91 Å². The van der Waals surface area contributed by atoms with Crippen molar-refractivity contribution in [1.29, 1.82) is 0 Å². The van der Waals surface area contributed by atoms with Crippen LogP contribution < -0.4 is 10.6 Å². The Hall–Kier alpha value is -1.97. The molecule has 0 aliphatic carbocycles. The number of hydrogen-bond donors (Lipinski definition) is 3. The Morgan fingerprint density at radius 3 is 2.29 bits per heavy atom. The van der Waals surface area contributed by atoms with E-state index in [1.807, 2.05) is 24.8 Å². The Balaban J connectivity index is 1.84. The minimum atomic E-state index is -4.70. The number of benzene rings is 2. The molecule has 2 aromatic carbocycles. The Labute approximate surface area is 261 Å². The van der Waals surface area contributed by atoms with E-state index in [4.69, 9.17) is 9.31 Å². The van der Waals surface area contributed by atoms with Gasteiger partial charge < -0.3 is 25.0 Å². The first-order chi connectivity index (χ1) is 19.9. The number of aliphatic hydroxyl groups excluding tert-OH is 1. The van der Waals surface area contributed by atoms with Crippen LogP contribution in [0.3, 0.4) is 0 Å². The summed E-state index contributed by atoms with van der Waals surface area (Å²) in [7, 11) is -0.741. The van der Waals surface area contributed by atoms with E-state index < -0.39 is 47.1 Å². The lowest BCUT2D eigenvalue weighted by molar-refractivity contribution is -0.138. The van der Waals surface area contributed by atoms with Crippen molar-refractivity contribution in [3.8, 4) is 0 Å². The number of carbonyl (C=O) groups is 2. The highest BCUT2D eigenvalue weighted by Gasteiger charge is 2.37. The smallest absolute Gasteiger partial charge is 0.408 e.